The molecule has 1 fully saturated rings. The summed E-state index contributed by atoms with van der Waals surface area (Å²) < 4.78 is 0. The molecule has 0 unspecified atom stereocenters. The first-order chi connectivity index (χ1) is 10.6. The highest BCUT2D eigenvalue weighted by molar-refractivity contribution is 7.11. The number of fused-ring (bicyclic) bond motifs is 1. The fraction of sp³-hybridized carbons (Fsp3) is 0.571. The van der Waals surface area contributed by atoms with Gasteiger partial charge >= 0.3 is 6.03 Å². The van der Waals surface area contributed by atoms with Crippen LogP contribution in [-0.2, 0) is 28.9 Å². The number of urea groups is 1. The average Bonchev–Trinajstić information content (AvgIpc) is 3.01. The van der Waals surface area contributed by atoms with Gasteiger partial charge in [-0.15, -0.1) is 11.3 Å². The van der Waals surface area contributed by atoms with Gasteiger partial charge < -0.3 is 10.6 Å². The van der Waals surface area contributed by atoms with E-state index in [1.54, 1.807) is 11.3 Å². The van der Waals surface area contributed by atoms with Gasteiger partial charge in [0.15, 0.2) is 0 Å². The molecule has 0 spiro atoms. The van der Waals surface area contributed by atoms with Gasteiger partial charge in [0, 0.05) is 17.8 Å². The van der Waals surface area contributed by atoms with Crippen molar-refractivity contribution in [1.82, 2.24) is 20.9 Å². The lowest BCUT2D eigenvalue weighted by molar-refractivity contribution is -0.126. The second kappa shape index (κ2) is 6.43. The third kappa shape index (κ3) is 3.44. The molecule has 7 nitrogen and oxygen atoms in total. The SMILES string of the molecule is O=C(C[C@H]1NC(=O)NC1=O)NCCc1nc2c(s1)CCCC2. The van der Waals surface area contributed by atoms with E-state index in [-0.39, 0.29) is 12.3 Å². The fourth-order valence-electron chi connectivity index (χ4n) is 2.68. The molecule has 0 aromatic carbocycles. The van der Waals surface area contributed by atoms with Crippen LogP contribution in [0.15, 0.2) is 0 Å². The van der Waals surface area contributed by atoms with E-state index in [0.29, 0.717) is 13.0 Å². The van der Waals surface area contributed by atoms with Crippen LogP contribution in [0.3, 0.4) is 0 Å². The summed E-state index contributed by atoms with van der Waals surface area (Å²) in [5.74, 6) is -0.698. The van der Waals surface area contributed by atoms with E-state index in [1.165, 1.54) is 23.4 Å². The van der Waals surface area contributed by atoms with Gasteiger partial charge in [-0.05, 0) is 25.7 Å². The number of carbonyl (C=O) groups excluding carboxylic acids is 3. The van der Waals surface area contributed by atoms with Crippen molar-refractivity contribution in [2.24, 2.45) is 0 Å². The van der Waals surface area contributed by atoms with Gasteiger partial charge in [-0.25, -0.2) is 9.78 Å². The summed E-state index contributed by atoms with van der Waals surface area (Å²) in [5.41, 5.74) is 1.22. The Balaban J connectivity index is 1.43. The molecule has 0 saturated carbocycles. The van der Waals surface area contributed by atoms with Crippen LogP contribution in [0.2, 0.25) is 0 Å². The summed E-state index contributed by atoms with van der Waals surface area (Å²) in [4.78, 5) is 40.1. The van der Waals surface area contributed by atoms with E-state index in [9.17, 15) is 14.4 Å². The first kappa shape index (κ1) is 15.0. The van der Waals surface area contributed by atoms with Crippen LogP contribution in [0.1, 0.15) is 34.8 Å². The van der Waals surface area contributed by atoms with E-state index in [0.717, 1.165) is 17.8 Å². The molecule has 3 rings (SSSR count). The Morgan fingerprint density at radius 1 is 1.32 bits per heavy atom. The molecule has 3 N–H and O–H groups in total. The molecule has 2 heterocycles. The van der Waals surface area contributed by atoms with E-state index in [2.05, 4.69) is 20.9 Å². The number of hydrogen-bond donors (Lipinski definition) is 3. The number of aromatic nitrogens is 1. The van der Waals surface area contributed by atoms with E-state index < -0.39 is 18.0 Å². The normalized spacial score (nSPS) is 20.3. The van der Waals surface area contributed by atoms with Crippen LogP contribution >= 0.6 is 11.3 Å². The Bertz CT molecular complexity index is 590. The lowest BCUT2D eigenvalue weighted by atomic mass is 10.0. The zero-order valence-corrected chi connectivity index (χ0v) is 12.9. The van der Waals surface area contributed by atoms with Crippen molar-refractivity contribution in [3.63, 3.8) is 0 Å². The Morgan fingerprint density at radius 2 is 2.14 bits per heavy atom. The van der Waals surface area contributed by atoms with Crippen molar-refractivity contribution in [1.29, 1.82) is 0 Å². The van der Waals surface area contributed by atoms with Crippen molar-refractivity contribution in [3.8, 4) is 0 Å². The minimum atomic E-state index is -0.764. The maximum absolute atomic E-state index is 11.8. The lowest BCUT2D eigenvalue weighted by Crippen LogP contribution is -2.36. The summed E-state index contributed by atoms with van der Waals surface area (Å²) in [5, 5.41) is 8.33. The number of nitrogens with one attached hydrogen (secondary N) is 3. The largest absolute Gasteiger partial charge is 0.356 e. The minimum absolute atomic E-state index is 0.0358. The van der Waals surface area contributed by atoms with E-state index in [1.807, 2.05) is 0 Å². The second-order valence-corrected chi connectivity index (χ2v) is 6.67. The smallest absolute Gasteiger partial charge is 0.322 e. The van der Waals surface area contributed by atoms with Crippen molar-refractivity contribution >= 4 is 29.2 Å². The predicted molar refractivity (Wildman–Crippen MR) is 80.5 cm³/mol. The number of nitrogens with zero attached hydrogens (tertiary/aromatic N) is 1. The number of aryl methyl sites for hydroxylation is 2. The number of amides is 4. The summed E-state index contributed by atoms with van der Waals surface area (Å²) in [6.07, 6.45) is 5.30. The predicted octanol–water partition coefficient (Wildman–Crippen LogP) is 0.279. The summed E-state index contributed by atoms with van der Waals surface area (Å²) in [6, 6.07) is -1.31. The monoisotopic (exact) mass is 322 g/mol. The number of thiazole rings is 1. The lowest BCUT2D eigenvalue weighted by Gasteiger charge is -2.07. The standard InChI is InChI=1S/C14H18N4O3S/c19-11(7-9-13(20)18-14(21)17-9)15-6-5-12-16-8-3-1-2-4-10(8)22-12/h9H,1-7H2,(H,15,19)(H2,17,18,20,21)/t9-/m1/s1. The van der Waals surface area contributed by atoms with Crippen LogP contribution in [-0.4, -0.2) is 35.4 Å². The molecule has 2 aliphatic rings. The molecule has 1 saturated heterocycles. The minimum Gasteiger partial charge on any atom is -0.356 e. The average molecular weight is 322 g/mol. The molecule has 4 amide bonds. The van der Waals surface area contributed by atoms with Crippen molar-refractivity contribution < 1.29 is 14.4 Å². The Morgan fingerprint density at radius 3 is 2.86 bits per heavy atom. The topological polar surface area (TPSA) is 100 Å². The number of imide groups is 1. The quantitative estimate of drug-likeness (QED) is 0.678. The molecule has 118 valence electrons. The zero-order valence-electron chi connectivity index (χ0n) is 12.1. The number of carbonyl (C=O) groups is 3. The van der Waals surface area contributed by atoms with Crippen molar-refractivity contribution in [2.45, 2.75) is 44.6 Å². The highest BCUT2D eigenvalue weighted by atomic mass is 32.1. The molecule has 1 aliphatic heterocycles. The maximum Gasteiger partial charge on any atom is 0.322 e. The van der Waals surface area contributed by atoms with Gasteiger partial charge in [-0.3, -0.25) is 14.9 Å². The summed E-state index contributed by atoms with van der Waals surface area (Å²) in [6.45, 7) is 0.494. The Hall–Kier alpha value is -1.96. The van der Waals surface area contributed by atoms with Gasteiger partial charge in [-0.2, -0.15) is 0 Å². The molecule has 8 heteroatoms. The van der Waals surface area contributed by atoms with Gasteiger partial charge in [0.1, 0.15) is 6.04 Å². The van der Waals surface area contributed by atoms with Gasteiger partial charge in [-0.1, -0.05) is 0 Å². The molecule has 1 aromatic rings. The third-order valence-corrected chi connectivity index (χ3v) is 5.02. The maximum atomic E-state index is 11.8. The van der Waals surface area contributed by atoms with Crippen LogP contribution in [0.5, 0.6) is 0 Å². The van der Waals surface area contributed by atoms with Crippen LogP contribution in [0.4, 0.5) is 4.79 Å². The molecular weight excluding hydrogens is 304 g/mol. The first-order valence-electron chi connectivity index (χ1n) is 7.47. The number of rotatable bonds is 5. The fourth-order valence-corrected chi connectivity index (χ4v) is 3.84. The van der Waals surface area contributed by atoms with Gasteiger partial charge in [0.25, 0.3) is 5.91 Å². The zero-order chi connectivity index (χ0) is 15.5. The van der Waals surface area contributed by atoms with Gasteiger partial charge in [0.05, 0.1) is 17.1 Å². The van der Waals surface area contributed by atoms with E-state index >= 15 is 0 Å². The Labute approximate surface area is 131 Å². The summed E-state index contributed by atoms with van der Waals surface area (Å²) >= 11 is 1.74. The molecule has 22 heavy (non-hydrogen) atoms. The van der Waals surface area contributed by atoms with Crippen molar-refractivity contribution in [3.05, 3.63) is 15.6 Å². The molecular formula is C14H18N4O3S. The molecule has 0 bridgehead atoms. The molecule has 1 aromatic heterocycles. The highest BCUT2D eigenvalue weighted by Gasteiger charge is 2.31. The summed E-state index contributed by atoms with van der Waals surface area (Å²) in [7, 11) is 0. The third-order valence-electron chi connectivity index (χ3n) is 3.80. The Kier molecular flexibility index (Phi) is 4.37. The van der Waals surface area contributed by atoms with Crippen LogP contribution in [0, 0.1) is 0 Å². The van der Waals surface area contributed by atoms with Crippen LogP contribution in [0.25, 0.3) is 0 Å². The molecule has 0 radical (unpaired) electrons. The molecule has 1 aliphatic carbocycles. The number of hydrogen-bond acceptors (Lipinski definition) is 5. The molecule has 1 atom stereocenters. The van der Waals surface area contributed by atoms with Crippen LogP contribution < -0.4 is 16.0 Å². The highest BCUT2D eigenvalue weighted by Crippen LogP contribution is 2.26. The first-order valence-corrected chi connectivity index (χ1v) is 8.29. The van der Waals surface area contributed by atoms with E-state index in [4.69, 9.17) is 0 Å². The second-order valence-electron chi connectivity index (χ2n) is 5.50. The van der Waals surface area contributed by atoms with Gasteiger partial charge in [0.2, 0.25) is 5.91 Å². The van der Waals surface area contributed by atoms with Crippen molar-refractivity contribution in [2.75, 3.05) is 6.54 Å².